The fourth-order valence-electron chi connectivity index (χ4n) is 5.35. The Labute approximate surface area is 307 Å². The van der Waals surface area contributed by atoms with E-state index < -0.39 is 0 Å². The van der Waals surface area contributed by atoms with Gasteiger partial charge in [0.15, 0.2) is 5.78 Å². The van der Waals surface area contributed by atoms with Gasteiger partial charge in [-0.05, 0) is 64.3 Å². The van der Waals surface area contributed by atoms with E-state index in [1.165, 1.54) is 21.0 Å². The van der Waals surface area contributed by atoms with Crippen LogP contribution in [-0.4, -0.2) is 20.9 Å². The summed E-state index contributed by atoms with van der Waals surface area (Å²) in [7, 11) is 0. The average molecular weight is 864 g/mol. The Morgan fingerprint density at radius 2 is 1.60 bits per heavy atom. The van der Waals surface area contributed by atoms with Gasteiger partial charge in [0.2, 0.25) is 0 Å². The number of carbonyl (C=O) groups excluding carboxylic acids is 1. The van der Waals surface area contributed by atoms with E-state index >= 15 is 0 Å². The molecule has 1 N–H and O–H groups in total. The first-order chi connectivity index (χ1) is 21.7. The number of rotatable bonds is 9. The number of carbonyl (C=O) groups is 1. The van der Waals surface area contributed by atoms with E-state index in [9.17, 15) is 9.90 Å². The van der Waals surface area contributed by atoms with Crippen molar-refractivity contribution in [3.8, 4) is 11.3 Å². The summed E-state index contributed by atoms with van der Waals surface area (Å²) in [6, 6.07) is 14.4. The summed E-state index contributed by atoms with van der Waals surface area (Å²) in [6.45, 7) is 18.9. The normalized spacial score (nSPS) is 12.9. The quantitative estimate of drug-likeness (QED) is 0.0671. The predicted octanol–water partition coefficient (Wildman–Crippen LogP) is 12.4. The fraction of sp³-hybridized carbons (Fsp3) is 0.410. The number of ketones is 1. The molecule has 3 heterocycles. The van der Waals surface area contributed by atoms with E-state index in [1.54, 1.807) is 34.4 Å². The summed E-state index contributed by atoms with van der Waals surface area (Å²) >= 11 is 7.72. The Morgan fingerprint density at radius 3 is 2.19 bits per heavy atom. The average Bonchev–Trinajstić information content (AvgIpc) is 3.67. The second-order valence-corrected chi connectivity index (χ2v) is 15.8. The molecule has 0 aliphatic carbocycles. The number of aliphatic hydroxyl groups excluding tert-OH is 1. The Hall–Kier alpha value is -2.35. The zero-order valence-electron chi connectivity index (χ0n) is 28.9. The van der Waals surface area contributed by atoms with Crippen molar-refractivity contribution in [3.63, 3.8) is 0 Å². The van der Waals surface area contributed by atoms with E-state index in [2.05, 4.69) is 80.2 Å². The predicted molar refractivity (Wildman–Crippen MR) is 204 cm³/mol. The Bertz CT molecular complexity index is 1900. The van der Waals surface area contributed by atoms with Crippen LogP contribution in [0, 0.1) is 16.9 Å². The first-order valence-corrected chi connectivity index (χ1v) is 18.3. The number of benzene rings is 2. The Kier molecular flexibility index (Phi) is 13.2. The molecule has 253 valence electrons. The Balaban J connectivity index is 0.000000290. The minimum absolute atomic E-state index is 0. The van der Waals surface area contributed by atoms with Gasteiger partial charge in [-0.15, -0.1) is 34.9 Å². The molecule has 8 heteroatoms. The van der Waals surface area contributed by atoms with Crippen LogP contribution in [0.2, 0.25) is 0 Å². The van der Waals surface area contributed by atoms with Gasteiger partial charge in [0, 0.05) is 57.5 Å². The number of hydrogen-bond donors (Lipinski definition) is 2. The minimum Gasteiger partial charge on any atom is -0.512 e. The van der Waals surface area contributed by atoms with Gasteiger partial charge in [-0.25, -0.2) is 4.98 Å². The SMILES string of the molecule is CC(C)(C)c1cc(-c2ncnc3c2sc2cc(/C=C\S)ccc23)[c-]c2ccsc12.CCC(C)(CC)C(=O)/C=C(\O)C(C)(CC)CC.[Ir]. The summed E-state index contributed by atoms with van der Waals surface area (Å²) in [5, 5.41) is 16.4. The third kappa shape index (κ3) is 8.28. The van der Waals surface area contributed by atoms with Gasteiger partial charge in [-0.2, -0.15) is 24.0 Å². The van der Waals surface area contributed by atoms with Gasteiger partial charge in [-0.3, -0.25) is 9.78 Å². The van der Waals surface area contributed by atoms with E-state index in [0.29, 0.717) is 0 Å². The molecular formula is C39H47IrN2O2S3-. The van der Waals surface area contributed by atoms with Crippen LogP contribution < -0.4 is 0 Å². The van der Waals surface area contributed by atoms with Crippen molar-refractivity contribution in [2.45, 2.75) is 93.4 Å². The van der Waals surface area contributed by atoms with Crippen LogP contribution >= 0.6 is 35.3 Å². The molecule has 3 aromatic heterocycles. The number of fused-ring (bicyclic) bond motifs is 4. The summed E-state index contributed by atoms with van der Waals surface area (Å²) in [5.41, 5.74) is 4.92. The molecule has 0 unspecified atom stereocenters. The first kappa shape index (κ1) is 39.1. The van der Waals surface area contributed by atoms with Gasteiger partial charge in [0.25, 0.3) is 0 Å². The molecule has 47 heavy (non-hydrogen) atoms. The number of aromatic nitrogens is 2. The summed E-state index contributed by atoms with van der Waals surface area (Å²) in [5.74, 6) is 0.286. The molecule has 0 amide bonds. The molecule has 0 bridgehead atoms. The zero-order valence-corrected chi connectivity index (χ0v) is 33.9. The van der Waals surface area contributed by atoms with Crippen LogP contribution in [-0.2, 0) is 30.3 Å². The molecule has 0 aliphatic rings. The molecule has 2 aromatic carbocycles. The molecule has 1 radical (unpaired) electrons. The second-order valence-electron chi connectivity index (χ2n) is 13.5. The van der Waals surface area contributed by atoms with Crippen molar-refractivity contribution < 1.29 is 30.0 Å². The van der Waals surface area contributed by atoms with Crippen LogP contribution in [0.4, 0.5) is 0 Å². The molecular weight excluding hydrogens is 817 g/mol. The van der Waals surface area contributed by atoms with Gasteiger partial charge < -0.3 is 5.11 Å². The van der Waals surface area contributed by atoms with Gasteiger partial charge in [-0.1, -0.05) is 85.6 Å². The monoisotopic (exact) mass is 864 g/mol. The van der Waals surface area contributed by atoms with E-state index in [1.807, 2.05) is 47.6 Å². The molecule has 0 aliphatic heterocycles. The van der Waals surface area contributed by atoms with Gasteiger partial charge in [0.1, 0.15) is 12.1 Å². The fourth-order valence-corrected chi connectivity index (χ4v) is 7.81. The standard InChI is InChI=1S/C24H19N2S3.C15H28O2.Ir/c1-24(2,3)18-12-16(11-15-7-9-28-22(15)18)20-23-21(26-13-25-20)17-5-4-14(6-8-27)10-19(17)29-23;1-7-14(5,8-2)12(16)11-13(17)15(6,9-3)10-4;/h4-10,12-13,27H,1-3H3;11,16H,7-10H2,1-6H3;/q-1;;/b8-6-;12-11-;. The zero-order chi connectivity index (χ0) is 33.9. The second kappa shape index (κ2) is 15.9. The van der Waals surface area contributed by atoms with Crippen LogP contribution in [0.3, 0.4) is 0 Å². The molecule has 0 saturated heterocycles. The third-order valence-electron chi connectivity index (χ3n) is 9.68. The maximum Gasteiger partial charge on any atom is 0.164 e. The number of nitrogens with zero attached hydrogens (tertiary/aromatic N) is 2. The summed E-state index contributed by atoms with van der Waals surface area (Å²) < 4.78 is 3.63. The number of thiol groups is 1. The third-order valence-corrected chi connectivity index (χ3v) is 11.9. The van der Waals surface area contributed by atoms with Crippen molar-refractivity contribution in [3.05, 3.63) is 76.5 Å². The maximum absolute atomic E-state index is 12.2. The van der Waals surface area contributed by atoms with Crippen LogP contribution in [0.5, 0.6) is 0 Å². The van der Waals surface area contributed by atoms with Crippen molar-refractivity contribution >= 4 is 77.6 Å². The van der Waals surface area contributed by atoms with Crippen molar-refractivity contribution in [1.82, 2.24) is 9.97 Å². The van der Waals surface area contributed by atoms with Gasteiger partial charge >= 0.3 is 0 Å². The topological polar surface area (TPSA) is 63.1 Å². The van der Waals surface area contributed by atoms with Crippen molar-refractivity contribution in [1.29, 1.82) is 0 Å². The van der Waals surface area contributed by atoms with Crippen molar-refractivity contribution in [2.75, 3.05) is 0 Å². The van der Waals surface area contributed by atoms with Crippen LogP contribution in [0.25, 0.3) is 47.7 Å². The van der Waals surface area contributed by atoms with E-state index in [-0.39, 0.29) is 47.9 Å². The van der Waals surface area contributed by atoms with Crippen LogP contribution in [0.15, 0.2) is 59.3 Å². The Morgan fingerprint density at radius 1 is 0.936 bits per heavy atom. The number of aliphatic hydroxyl groups is 1. The van der Waals surface area contributed by atoms with Crippen molar-refractivity contribution in [2.24, 2.45) is 10.8 Å². The molecule has 0 atom stereocenters. The molecule has 5 aromatic rings. The smallest absolute Gasteiger partial charge is 0.164 e. The summed E-state index contributed by atoms with van der Waals surface area (Å²) in [6.07, 6.45) is 8.42. The minimum atomic E-state index is -0.337. The van der Waals surface area contributed by atoms with Gasteiger partial charge in [0.05, 0.1) is 5.52 Å². The molecule has 0 saturated carbocycles. The maximum atomic E-state index is 12.2. The molecule has 4 nitrogen and oxygen atoms in total. The number of hydrogen-bond acceptors (Lipinski definition) is 7. The first-order valence-electron chi connectivity index (χ1n) is 16.1. The molecule has 5 rings (SSSR count). The van der Waals surface area contributed by atoms with Crippen LogP contribution in [0.1, 0.15) is 99.1 Å². The molecule has 0 spiro atoms. The van der Waals surface area contributed by atoms with E-state index in [4.69, 9.17) is 4.98 Å². The number of allylic oxidation sites excluding steroid dienone is 2. The summed E-state index contributed by atoms with van der Waals surface area (Å²) in [4.78, 5) is 21.5. The molecule has 0 fully saturated rings. The largest absolute Gasteiger partial charge is 0.512 e. The van der Waals surface area contributed by atoms with E-state index in [0.717, 1.165) is 63.5 Å². The number of thiophene rings is 2.